The summed E-state index contributed by atoms with van der Waals surface area (Å²) in [6.07, 6.45) is 0. The molecule has 0 saturated carbocycles. The van der Waals surface area contributed by atoms with E-state index in [0.717, 1.165) is 0 Å². The van der Waals surface area contributed by atoms with Crippen molar-refractivity contribution in [2.75, 3.05) is 0 Å². The van der Waals surface area contributed by atoms with Gasteiger partial charge in [-0.05, 0) is 37.3 Å². The van der Waals surface area contributed by atoms with Crippen LogP contribution in [0.25, 0.3) is 16.7 Å². The SMILES string of the molecule is CC(=O)c1ccccc1-n1c(=O)[nH]c2cc(F)ccc21. The summed E-state index contributed by atoms with van der Waals surface area (Å²) in [6, 6.07) is 10.9. The van der Waals surface area contributed by atoms with Crippen LogP contribution < -0.4 is 5.69 Å². The van der Waals surface area contributed by atoms with E-state index in [4.69, 9.17) is 0 Å². The maximum atomic E-state index is 13.2. The molecule has 4 nitrogen and oxygen atoms in total. The third-order valence-corrected chi connectivity index (χ3v) is 3.17. The second-order valence-electron chi connectivity index (χ2n) is 4.50. The monoisotopic (exact) mass is 270 g/mol. The highest BCUT2D eigenvalue weighted by molar-refractivity contribution is 5.98. The molecular formula is C15H11FN2O2. The van der Waals surface area contributed by atoms with Crippen LogP contribution in [0.1, 0.15) is 17.3 Å². The molecule has 0 fully saturated rings. The first-order valence-electron chi connectivity index (χ1n) is 6.08. The van der Waals surface area contributed by atoms with Gasteiger partial charge in [0.15, 0.2) is 5.78 Å². The van der Waals surface area contributed by atoms with Gasteiger partial charge in [-0.1, -0.05) is 12.1 Å². The fraction of sp³-hybridized carbons (Fsp3) is 0.0667. The summed E-state index contributed by atoms with van der Waals surface area (Å²) in [5.41, 5.74) is 1.46. The minimum Gasteiger partial charge on any atom is -0.305 e. The van der Waals surface area contributed by atoms with E-state index in [1.165, 1.54) is 29.7 Å². The Labute approximate surface area is 113 Å². The molecule has 0 spiro atoms. The standard InChI is InChI=1S/C15H11FN2O2/c1-9(19)11-4-2-3-5-13(11)18-14-7-6-10(16)8-12(14)17-15(18)20/h2-8H,1H3,(H,17,20). The van der Waals surface area contributed by atoms with Gasteiger partial charge < -0.3 is 4.98 Å². The van der Waals surface area contributed by atoms with Gasteiger partial charge in [-0.2, -0.15) is 0 Å². The Kier molecular flexibility index (Phi) is 2.75. The van der Waals surface area contributed by atoms with Crippen molar-refractivity contribution >= 4 is 16.8 Å². The number of fused-ring (bicyclic) bond motifs is 1. The van der Waals surface area contributed by atoms with Gasteiger partial charge in [-0.15, -0.1) is 0 Å². The van der Waals surface area contributed by atoms with Gasteiger partial charge in [0.1, 0.15) is 5.82 Å². The number of hydrogen-bond acceptors (Lipinski definition) is 2. The molecule has 0 bridgehead atoms. The second-order valence-corrected chi connectivity index (χ2v) is 4.50. The lowest BCUT2D eigenvalue weighted by molar-refractivity contribution is 0.101. The highest BCUT2D eigenvalue weighted by Gasteiger charge is 2.14. The third kappa shape index (κ3) is 1.84. The van der Waals surface area contributed by atoms with Gasteiger partial charge in [0.2, 0.25) is 0 Å². The lowest BCUT2D eigenvalue weighted by Crippen LogP contribution is -2.17. The summed E-state index contributed by atoms with van der Waals surface area (Å²) in [7, 11) is 0. The number of aromatic amines is 1. The van der Waals surface area contributed by atoms with E-state index in [9.17, 15) is 14.0 Å². The number of hydrogen-bond donors (Lipinski definition) is 1. The first kappa shape index (κ1) is 12.3. The molecule has 0 radical (unpaired) electrons. The van der Waals surface area contributed by atoms with E-state index in [-0.39, 0.29) is 5.78 Å². The summed E-state index contributed by atoms with van der Waals surface area (Å²) in [5, 5.41) is 0. The van der Waals surface area contributed by atoms with Crippen LogP contribution in [0.15, 0.2) is 47.3 Å². The highest BCUT2D eigenvalue weighted by atomic mass is 19.1. The van der Waals surface area contributed by atoms with Crippen LogP contribution in [-0.4, -0.2) is 15.3 Å². The summed E-state index contributed by atoms with van der Waals surface area (Å²) in [4.78, 5) is 26.4. The van der Waals surface area contributed by atoms with Crippen LogP contribution >= 0.6 is 0 Å². The molecule has 0 unspecified atom stereocenters. The molecule has 3 rings (SSSR count). The Morgan fingerprint density at radius 1 is 1.20 bits per heavy atom. The number of para-hydroxylation sites is 1. The Balaban J connectivity index is 2.39. The van der Waals surface area contributed by atoms with Crippen molar-refractivity contribution in [1.82, 2.24) is 9.55 Å². The number of imidazole rings is 1. The van der Waals surface area contributed by atoms with Crippen molar-refractivity contribution in [3.8, 4) is 5.69 Å². The summed E-state index contributed by atoms with van der Waals surface area (Å²) < 4.78 is 14.6. The number of ketones is 1. The van der Waals surface area contributed by atoms with Crippen molar-refractivity contribution in [2.24, 2.45) is 0 Å². The largest absolute Gasteiger partial charge is 0.331 e. The zero-order valence-corrected chi connectivity index (χ0v) is 10.7. The number of nitrogens with one attached hydrogen (secondary N) is 1. The first-order chi connectivity index (χ1) is 9.58. The molecule has 1 N–H and O–H groups in total. The number of H-pyrrole nitrogens is 1. The zero-order valence-electron chi connectivity index (χ0n) is 10.7. The Morgan fingerprint density at radius 3 is 2.70 bits per heavy atom. The molecule has 5 heteroatoms. The van der Waals surface area contributed by atoms with E-state index < -0.39 is 11.5 Å². The number of rotatable bonds is 2. The number of benzene rings is 2. The van der Waals surface area contributed by atoms with Crippen molar-refractivity contribution in [1.29, 1.82) is 0 Å². The third-order valence-electron chi connectivity index (χ3n) is 3.17. The molecule has 0 aliphatic heterocycles. The number of halogens is 1. The Morgan fingerprint density at radius 2 is 1.95 bits per heavy atom. The molecule has 2 aromatic carbocycles. The number of nitrogens with zero attached hydrogens (tertiary/aromatic N) is 1. The van der Waals surface area contributed by atoms with Gasteiger partial charge in [-0.25, -0.2) is 9.18 Å². The van der Waals surface area contributed by atoms with E-state index in [2.05, 4.69) is 4.98 Å². The minimum atomic E-state index is -0.425. The highest BCUT2D eigenvalue weighted by Crippen LogP contribution is 2.19. The van der Waals surface area contributed by atoms with Crippen LogP contribution in [-0.2, 0) is 0 Å². The van der Waals surface area contributed by atoms with Crippen LogP contribution in [0, 0.1) is 5.82 Å². The van der Waals surface area contributed by atoms with Crippen molar-refractivity contribution in [3.63, 3.8) is 0 Å². The topological polar surface area (TPSA) is 54.9 Å². The number of carbonyl (C=O) groups is 1. The smallest absolute Gasteiger partial charge is 0.305 e. The van der Waals surface area contributed by atoms with Crippen LogP contribution in [0.3, 0.4) is 0 Å². The van der Waals surface area contributed by atoms with Crippen LogP contribution in [0.4, 0.5) is 4.39 Å². The second kappa shape index (κ2) is 4.45. The molecule has 0 saturated heterocycles. The first-order valence-corrected chi connectivity index (χ1v) is 6.08. The average Bonchev–Trinajstić information content (AvgIpc) is 2.73. The molecule has 0 aliphatic carbocycles. The predicted octanol–water partition coefficient (Wildman–Crippen LogP) is 2.66. The van der Waals surface area contributed by atoms with Crippen molar-refractivity contribution in [3.05, 3.63) is 64.3 Å². The molecule has 0 atom stereocenters. The lowest BCUT2D eigenvalue weighted by atomic mass is 10.1. The lowest BCUT2D eigenvalue weighted by Gasteiger charge is -2.07. The molecule has 3 aromatic rings. The molecule has 20 heavy (non-hydrogen) atoms. The molecule has 1 aromatic heterocycles. The van der Waals surface area contributed by atoms with E-state index in [1.54, 1.807) is 24.3 Å². The Bertz CT molecular complexity index is 877. The van der Waals surface area contributed by atoms with Gasteiger partial charge in [0.05, 0.1) is 16.7 Å². The predicted molar refractivity (Wildman–Crippen MR) is 73.9 cm³/mol. The van der Waals surface area contributed by atoms with E-state index in [0.29, 0.717) is 22.3 Å². The molecular weight excluding hydrogens is 259 g/mol. The maximum absolute atomic E-state index is 13.2. The van der Waals surface area contributed by atoms with Crippen LogP contribution in [0.2, 0.25) is 0 Å². The summed E-state index contributed by atoms with van der Waals surface area (Å²) >= 11 is 0. The van der Waals surface area contributed by atoms with E-state index >= 15 is 0 Å². The van der Waals surface area contributed by atoms with Gasteiger partial charge >= 0.3 is 5.69 Å². The van der Waals surface area contributed by atoms with Crippen molar-refractivity contribution < 1.29 is 9.18 Å². The summed E-state index contributed by atoms with van der Waals surface area (Å²) in [5.74, 6) is -0.560. The van der Waals surface area contributed by atoms with Crippen LogP contribution in [0.5, 0.6) is 0 Å². The molecule has 0 aliphatic rings. The molecule has 0 amide bonds. The van der Waals surface area contributed by atoms with Crippen molar-refractivity contribution in [2.45, 2.75) is 6.92 Å². The summed E-state index contributed by atoms with van der Waals surface area (Å²) in [6.45, 7) is 1.44. The quantitative estimate of drug-likeness (QED) is 0.728. The minimum absolute atomic E-state index is 0.135. The number of carbonyl (C=O) groups excluding carboxylic acids is 1. The van der Waals surface area contributed by atoms with Gasteiger partial charge in [-0.3, -0.25) is 9.36 Å². The van der Waals surface area contributed by atoms with Gasteiger partial charge in [0.25, 0.3) is 0 Å². The average molecular weight is 270 g/mol. The zero-order chi connectivity index (χ0) is 14.3. The fourth-order valence-corrected chi connectivity index (χ4v) is 2.29. The number of aromatic nitrogens is 2. The normalized spacial score (nSPS) is 10.9. The maximum Gasteiger partial charge on any atom is 0.331 e. The molecule has 100 valence electrons. The fourth-order valence-electron chi connectivity index (χ4n) is 2.29. The Hall–Kier alpha value is -2.69. The van der Waals surface area contributed by atoms with E-state index in [1.807, 2.05) is 0 Å². The molecule has 1 heterocycles. The van der Waals surface area contributed by atoms with Gasteiger partial charge in [0, 0.05) is 5.56 Å². The number of Topliss-reactive ketones (excluding diaryl/α,β-unsaturated/α-hetero) is 1.